The second-order valence-electron chi connectivity index (χ2n) is 9.16. The molecule has 1 saturated heterocycles. The van der Waals surface area contributed by atoms with Crippen molar-refractivity contribution in [2.45, 2.75) is 22.6 Å². The van der Waals surface area contributed by atoms with Crippen molar-refractivity contribution >= 4 is 60.6 Å². The first-order valence-electron chi connectivity index (χ1n) is 12.2. The molecule has 0 spiro atoms. The van der Waals surface area contributed by atoms with Gasteiger partial charge in [-0.15, -0.1) is 11.3 Å². The van der Waals surface area contributed by atoms with Crippen molar-refractivity contribution in [1.29, 1.82) is 0 Å². The van der Waals surface area contributed by atoms with Gasteiger partial charge >= 0.3 is 0 Å². The monoisotopic (exact) mass is 532 g/mol. The normalized spacial score (nSPS) is 14.2. The molecule has 0 atom stereocenters. The zero-order valence-corrected chi connectivity index (χ0v) is 21.6. The number of nitrogen functional groups attached to an aromatic ring is 1. The predicted molar refractivity (Wildman–Crippen MR) is 149 cm³/mol. The molecule has 5 aromatic rings. The van der Waals surface area contributed by atoms with Crippen LogP contribution in [0.3, 0.4) is 0 Å². The van der Waals surface area contributed by atoms with E-state index in [1.165, 1.54) is 42.0 Å². The summed E-state index contributed by atoms with van der Waals surface area (Å²) in [5, 5.41) is 3.11. The summed E-state index contributed by atoms with van der Waals surface area (Å²) < 4.78 is 18.2. The smallest absolute Gasteiger partial charge is 0.258 e. The maximum Gasteiger partial charge on any atom is 0.258 e. The number of hydrogen-bond donors (Lipinski definition) is 2. The summed E-state index contributed by atoms with van der Waals surface area (Å²) in [5.74, 6) is -0.955. The number of nitrogens with one attached hydrogen (secondary N) is 1. The van der Waals surface area contributed by atoms with Crippen molar-refractivity contribution in [2.75, 3.05) is 31.9 Å². The molecular formula is C28H25FN4O2S2. The molecule has 1 amide bonds. The topological polar surface area (TPSA) is 79.8 Å². The van der Waals surface area contributed by atoms with Crippen LogP contribution in [-0.4, -0.2) is 41.4 Å². The van der Waals surface area contributed by atoms with E-state index in [9.17, 15) is 9.59 Å². The lowest BCUT2D eigenvalue weighted by atomic mass is 10.1. The molecule has 1 fully saturated rings. The van der Waals surface area contributed by atoms with Crippen LogP contribution < -0.4 is 16.5 Å². The van der Waals surface area contributed by atoms with E-state index in [1.54, 1.807) is 12.1 Å². The molecule has 6 rings (SSSR count). The van der Waals surface area contributed by atoms with E-state index in [2.05, 4.69) is 10.2 Å². The van der Waals surface area contributed by atoms with Gasteiger partial charge in [0.15, 0.2) is 0 Å². The maximum atomic E-state index is 15.4. The highest BCUT2D eigenvalue weighted by Gasteiger charge is 2.23. The number of nitrogens with two attached hydrogens (primary N) is 1. The number of rotatable bonds is 6. The Bertz CT molecular complexity index is 1720. The highest BCUT2D eigenvalue weighted by Crippen LogP contribution is 2.37. The number of fused-ring (bicyclic) bond motifs is 5. The third-order valence-corrected chi connectivity index (χ3v) is 9.04. The van der Waals surface area contributed by atoms with Crippen LogP contribution >= 0.6 is 23.1 Å². The number of pyridine rings is 1. The summed E-state index contributed by atoms with van der Waals surface area (Å²) in [6.45, 7) is 3.26. The molecule has 0 unspecified atom stereocenters. The SMILES string of the molecule is Nc1ccccc1Sc1cc2c(cc1F)c(=O)c(C(=O)NCCN1CCCC1)c1sc3ccccc3n12. The average molecular weight is 533 g/mol. The number of hydrogen-bond acceptors (Lipinski definition) is 6. The van der Waals surface area contributed by atoms with Crippen LogP contribution in [0.2, 0.25) is 0 Å². The number of thiazole rings is 1. The first kappa shape index (κ1) is 24.0. The van der Waals surface area contributed by atoms with Crippen molar-refractivity contribution in [2.24, 2.45) is 0 Å². The molecule has 0 aliphatic carbocycles. The van der Waals surface area contributed by atoms with Gasteiger partial charge in [0.1, 0.15) is 16.2 Å². The highest BCUT2D eigenvalue weighted by molar-refractivity contribution is 7.99. The molecule has 37 heavy (non-hydrogen) atoms. The fourth-order valence-corrected chi connectivity index (χ4v) is 7.01. The Morgan fingerprint density at radius 3 is 2.59 bits per heavy atom. The van der Waals surface area contributed by atoms with Gasteiger partial charge in [-0.1, -0.05) is 36.0 Å². The number of benzene rings is 3. The number of para-hydroxylation sites is 2. The number of halogens is 1. The van der Waals surface area contributed by atoms with Crippen LogP contribution in [0.4, 0.5) is 10.1 Å². The van der Waals surface area contributed by atoms with Gasteiger partial charge in [-0.2, -0.15) is 0 Å². The Hall–Kier alpha value is -3.40. The number of anilines is 1. The molecule has 9 heteroatoms. The van der Waals surface area contributed by atoms with E-state index in [-0.39, 0.29) is 10.9 Å². The van der Waals surface area contributed by atoms with Gasteiger partial charge in [0.05, 0.1) is 20.6 Å². The van der Waals surface area contributed by atoms with E-state index in [0.717, 1.165) is 34.7 Å². The fourth-order valence-electron chi connectivity index (χ4n) is 4.92. The van der Waals surface area contributed by atoms with E-state index in [0.29, 0.717) is 27.5 Å². The minimum atomic E-state index is -0.530. The highest BCUT2D eigenvalue weighted by atomic mass is 32.2. The fraction of sp³-hybridized carbons (Fsp3) is 0.214. The number of aromatic nitrogens is 1. The summed E-state index contributed by atoms with van der Waals surface area (Å²) in [6.07, 6.45) is 2.34. The van der Waals surface area contributed by atoms with Crippen molar-refractivity contribution in [3.63, 3.8) is 0 Å². The molecule has 1 aliphatic rings. The molecule has 6 nitrogen and oxygen atoms in total. The van der Waals surface area contributed by atoms with Gasteiger partial charge < -0.3 is 16.0 Å². The molecule has 0 bridgehead atoms. The summed E-state index contributed by atoms with van der Waals surface area (Å²) >= 11 is 2.61. The maximum absolute atomic E-state index is 15.4. The van der Waals surface area contributed by atoms with Crippen LogP contribution in [0.1, 0.15) is 23.2 Å². The van der Waals surface area contributed by atoms with E-state index in [1.807, 2.05) is 46.9 Å². The molecule has 3 N–H and O–H groups in total. The van der Waals surface area contributed by atoms with E-state index < -0.39 is 17.2 Å². The first-order chi connectivity index (χ1) is 18.0. The molecule has 1 aliphatic heterocycles. The Labute approximate surface area is 220 Å². The number of nitrogens with zero attached hydrogens (tertiary/aromatic N) is 2. The molecule has 188 valence electrons. The number of likely N-dealkylation sites (tertiary alicyclic amines) is 1. The summed E-state index contributed by atoms with van der Waals surface area (Å²) in [4.78, 5) is 31.0. The molecule has 3 heterocycles. The van der Waals surface area contributed by atoms with Crippen molar-refractivity contribution < 1.29 is 9.18 Å². The van der Waals surface area contributed by atoms with Crippen LogP contribution in [0.25, 0.3) is 25.9 Å². The lowest BCUT2D eigenvalue weighted by Crippen LogP contribution is -2.35. The third-order valence-electron chi connectivity index (χ3n) is 6.77. The van der Waals surface area contributed by atoms with Crippen LogP contribution in [0.15, 0.2) is 75.2 Å². The standard InChI is InChI=1S/C28H25FN4O2S2/c29-18-15-17-21(16-24(18)36-22-9-3-1-7-19(22)30)33-20-8-2-4-10-23(20)37-28(33)25(26(17)34)27(35)31-11-14-32-12-5-6-13-32/h1-4,7-10,15-16H,5-6,11-14,30H2,(H,31,35). The van der Waals surface area contributed by atoms with Gasteiger partial charge in [0.2, 0.25) is 5.43 Å². The van der Waals surface area contributed by atoms with Crippen molar-refractivity contribution in [3.8, 4) is 0 Å². The van der Waals surface area contributed by atoms with Crippen molar-refractivity contribution in [3.05, 3.63) is 82.3 Å². The second-order valence-corrected chi connectivity index (χ2v) is 11.3. The van der Waals surface area contributed by atoms with E-state index in [4.69, 9.17) is 5.73 Å². The molecule has 0 radical (unpaired) electrons. The summed E-state index contributed by atoms with van der Waals surface area (Å²) in [6, 6.07) is 18.0. The lowest BCUT2D eigenvalue weighted by Gasteiger charge is -2.15. The quantitative estimate of drug-likeness (QED) is 0.288. The second kappa shape index (κ2) is 9.81. The number of carbonyl (C=O) groups excluding carboxylic acids is 1. The van der Waals surface area contributed by atoms with Gasteiger partial charge in [-0.3, -0.25) is 14.0 Å². The minimum Gasteiger partial charge on any atom is -0.398 e. The summed E-state index contributed by atoms with van der Waals surface area (Å²) in [5.41, 5.74) is 7.66. The molecule has 3 aromatic carbocycles. The average Bonchev–Trinajstić information content (AvgIpc) is 3.54. The van der Waals surface area contributed by atoms with Gasteiger partial charge in [-0.25, -0.2) is 4.39 Å². The van der Waals surface area contributed by atoms with Gasteiger partial charge in [0.25, 0.3) is 5.91 Å². The molecule has 2 aromatic heterocycles. The van der Waals surface area contributed by atoms with Crippen LogP contribution in [0.5, 0.6) is 0 Å². The van der Waals surface area contributed by atoms with Crippen LogP contribution in [-0.2, 0) is 0 Å². The number of carbonyl (C=O) groups is 1. The van der Waals surface area contributed by atoms with Gasteiger partial charge in [0, 0.05) is 29.1 Å². The Morgan fingerprint density at radius 2 is 1.78 bits per heavy atom. The van der Waals surface area contributed by atoms with Gasteiger partial charge in [-0.05, 0) is 62.3 Å². The predicted octanol–water partition coefficient (Wildman–Crippen LogP) is 5.37. The Morgan fingerprint density at radius 1 is 1.03 bits per heavy atom. The summed E-state index contributed by atoms with van der Waals surface area (Å²) in [7, 11) is 0. The van der Waals surface area contributed by atoms with Crippen LogP contribution in [0, 0.1) is 5.82 Å². The number of amides is 1. The third kappa shape index (κ3) is 4.37. The lowest BCUT2D eigenvalue weighted by molar-refractivity contribution is 0.0950. The Balaban J connectivity index is 1.50. The van der Waals surface area contributed by atoms with E-state index >= 15 is 4.39 Å². The molecule has 0 saturated carbocycles. The van der Waals surface area contributed by atoms with Crippen molar-refractivity contribution in [1.82, 2.24) is 14.6 Å². The largest absolute Gasteiger partial charge is 0.398 e. The Kier molecular flexibility index (Phi) is 6.36. The molecular weight excluding hydrogens is 507 g/mol. The first-order valence-corrected chi connectivity index (χ1v) is 13.9. The minimum absolute atomic E-state index is 0.0576. The zero-order chi connectivity index (χ0) is 25.5. The zero-order valence-electron chi connectivity index (χ0n) is 20.0.